The number of carbonyl (C=O) groups excluding carboxylic acids is 1. The molecule has 0 atom stereocenters. The maximum Gasteiger partial charge on any atom is 0.217 e. The summed E-state index contributed by atoms with van der Waals surface area (Å²) in [6.07, 6.45) is 5.08. The lowest BCUT2D eigenvalue weighted by Gasteiger charge is -2.27. The Bertz CT molecular complexity index is 194. The molecule has 1 aliphatic carbocycles. The summed E-state index contributed by atoms with van der Waals surface area (Å²) in [4.78, 5) is 10.7. The van der Waals surface area contributed by atoms with Gasteiger partial charge in [-0.15, -0.1) is 12.4 Å². The van der Waals surface area contributed by atoms with Crippen LogP contribution in [0.5, 0.6) is 0 Å². The molecule has 16 heavy (non-hydrogen) atoms. The van der Waals surface area contributed by atoms with Gasteiger partial charge in [-0.1, -0.05) is 0 Å². The van der Waals surface area contributed by atoms with Gasteiger partial charge in [0.1, 0.15) is 0 Å². The lowest BCUT2D eigenvalue weighted by atomic mass is 9.85. The van der Waals surface area contributed by atoms with Crippen LogP contribution in [0.3, 0.4) is 0 Å². The molecule has 96 valence electrons. The van der Waals surface area contributed by atoms with Crippen LogP contribution in [0, 0.1) is 5.92 Å². The Kier molecular flexibility index (Phi) is 8.61. The predicted molar refractivity (Wildman–Crippen MR) is 64.6 cm³/mol. The normalized spacial score (nSPS) is 24.8. The highest BCUT2D eigenvalue weighted by Gasteiger charge is 2.22. The van der Waals surface area contributed by atoms with Gasteiger partial charge in [0.05, 0.1) is 19.3 Å². The lowest BCUT2D eigenvalue weighted by molar-refractivity contribution is -0.119. The Balaban J connectivity index is 0.00000225. The molecule has 0 aromatic carbocycles. The first-order valence-corrected chi connectivity index (χ1v) is 5.61. The van der Waals surface area contributed by atoms with Gasteiger partial charge in [0.15, 0.2) is 0 Å². The number of hydrogen-bond donors (Lipinski definition) is 1. The first-order chi connectivity index (χ1) is 7.22. The molecule has 0 unspecified atom stereocenters. The molecule has 0 heterocycles. The van der Waals surface area contributed by atoms with Crippen molar-refractivity contribution >= 4 is 18.3 Å². The zero-order chi connectivity index (χ0) is 11.1. The summed E-state index contributed by atoms with van der Waals surface area (Å²) in [6.45, 7) is 1.32. The van der Waals surface area contributed by atoms with E-state index in [1.165, 1.54) is 0 Å². The van der Waals surface area contributed by atoms with Crippen molar-refractivity contribution in [1.29, 1.82) is 0 Å². The molecule has 1 rings (SSSR count). The third-order valence-electron chi connectivity index (χ3n) is 2.92. The molecule has 0 radical (unpaired) electrons. The summed E-state index contributed by atoms with van der Waals surface area (Å²) in [6, 6.07) is 0. The van der Waals surface area contributed by atoms with Gasteiger partial charge in [-0.05, 0) is 31.6 Å². The third-order valence-corrected chi connectivity index (χ3v) is 2.92. The van der Waals surface area contributed by atoms with E-state index >= 15 is 0 Å². The van der Waals surface area contributed by atoms with E-state index in [-0.39, 0.29) is 18.3 Å². The van der Waals surface area contributed by atoms with Gasteiger partial charge in [0, 0.05) is 13.5 Å². The summed E-state index contributed by atoms with van der Waals surface area (Å²) < 4.78 is 10.6. The molecule has 0 bridgehead atoms. The number of rotatable bonds is 6. The Morgan fingerprint density at radius 2 is 1.88 bits per heavy atom. The second-order valence-corrected chi connectivity index (χ2v) is 4.18. The number of halogens is 1. The summed E-state index contributed by atoms with van der Waals surface area (Å²) in [7, 11) is 1.67. The van der Waals surface area contributed by atoms with E-state index in [0.29, 0.717) is 31.7 Å². The topological polar surface area (TPSA) is 61.6 Å². The number of amides is 1. The van der Waals surface area contributed by atoms with Crippen LogP contribution in [0.2, 0.25) is 0 Å². The smallest absolute Gasteiger partial charge is 0.217 e. The molecule has 0 aromatic heterocycles. The molecule has 1 saturated carbocycles. The van der Waals surface area contributed by atoms with Gasteiger partial charge in [-0.3, -0.25) is 4.79 Å². The van der Waals surface area contributed by atoms with Crippen molar-refractivity contribution < 1.29 is 14.3 Å². The van der Waals surface area contributed by atoms with Crippen LogP contribution in [0.1, 0.15) is 32.1 Å². The SMILES string of the molecule is COCCOC1CCC(CC(N)=O)CC1.Cl. The van der Waals surface area contributed by atoms with Crippen molar-refractivity contribution in [3.8, 4) is 0 Å². The van der Waals surface area contributed by atoms with E-state index < -0.39 is 0 Å². The first kappa shape index (κ1) is 15.7. The van der Waals surface area contributed by atoms with Gasteiger partial charge < -0.3 is 15.2 Å². The zero-order valence-electron chi connectivity index (χ0n) is 9.81. The number of carbonyl (C=O) groups is 1. The predicted octanol–water partition coefficient (Wildman–Crippen LogP) is 1.51. The van der Waals surface area contributed by atoms with E-state index in [2.05, 4.69) is 0 Å². The second-order valence-electron chi connectivity index (χ2n) is 4.18. The monoisotopic (exact) mass is 251 g/mol. The number of methoxy groups -OCH3 is 1. The average molecular weight is 252 g/mol. The summed E-state index contributed by atoms with van der Waals surface area (Å²) in [5.41, 5.74) is 5.17. The average Bonchev–Trinajstić information content (AvgIpc) is 2.20. The zero-order valence-corrected chi connectivity index (χ0v) is 10.6. The summed E-state index contributed by atoms with van der Waals surface area (Å²) in [5, 5.41) is 0. The molecule has 4 nitrogen and oxygen atoms in total. The van der Waals surface area contributed by atoms with Crippen LogP contribution < -0.4 is 5.73 Å². The van der Waals surface area contributed by atoms with Crippen molar-refractivity contribution in [1.82, 2.24) is 0 Å². The standard InChI is InChI=1S/C11H21NO3.ClH/c1-14-6-7-15-10-4-2-9(3-5-10)8-11(12)13;/h9-10H,2-8H2,1H3,(H2,12,13);1H. The number of ether oxygens (including phenoxy) is 2. The fraction of sp³-hybridized carbons (Fsp3) is 0.909. The quantitative estimate of drug-likeness (QED) is 0.728. The molecule has 1 aliphatic rings. The fourth-order valence-electron chi connectivity index (χ4n) is 2.09. The molecule has 0 saturated heterocycles. The van der Waals surface area contributed by atoms with Crippen molar-refractivity contribution in [3.05, 3.63) is 0 Å². The molecular weight excluding hydrogens is 230 g/mol. The molecule has 1 amide bonds. The fourth-order valence-corrected chi connectivity index (χ4v) is 2.09. The highest BCUT2D eigenvalue weighted by atomic mass is 35.5. The van der Waals surface area contributed by atoms with Gasteiger partial charge in [0.25, 0.3) is 0 Å². The van der Waals surface area contributed by atoms with Crippen LogP contribution in [0.4, 0.5) is 0 Å². The number of hydrogen-bond acceptors (Lipinski definition) is 3. The molecule has 1 fully saturated rings. The van der Waals surface area contributed by atoms with Crippen molar-refractivity contribution in [3.63, 3.8) is 0 Å². The van der Waals surface area contributed by atoms with Crippen molar-refractivity contribution in [2.45, 2.75) is 38.2 Å². The van der Waals surface area contributed by atoms with Crippen LogP contribution in [-0.2, 0) is 14.3 Å². The maximum atomic E-state index is 10.7. The molecule has 0 aromatic rings. The van der Waals surface area contributed by atoms with E-state index in [4.69, 9.17) is 15.2 Å². The minimum Gasteiger partial charge on any atom is -0.382 e. The Morgan fingerprint density at radius 3 is 2.38 bits per heavy atom. The van der Waals surface area contributed by atoms with Crippen LogP contribution in [-0.4, -0.2) is 32.3 Å². The minimum absolute atomic E-state index is 0. The Labute approximate surface area is 103 Å². The van der Waals surface area contributed by atoms with Gasteiger partial charge >= 0.3 is 0 Å². The number of primary amides is 1. The van der Waals surface area contributed by atoms with E-state index in [1.54, 1.807) is 7.11 Å². The number of nitrogens with two attached hydrogens (primary N) is 1. The maximum absolute atomic E-state index is 10.7. The lowest BCUT2D eigenvalue weighted by Crippen LogP contribution is -2.25. The molecule has 0 spiro atoms. The molecular formula is C11H22ClNO3. The van der Waals surface area contributed by atoms with Gasteiger partial charge in [-0.25, -0.2) is 0 Å². The van der Waals surface area contributed by atoms with Gasteiger partial charge in [0.2, 0.25) is 5.91 Å². The highest BCUT2D eigenvalue weighted by molar-refractivity contribution is 5.85. The summed E-state index contributed by atoms with van der Waals surface area (Å²) >= 11 is 0. The summed E-state index contributed by atoms with van der Waals surface area (Å²) in [5.74, 6) is 0.295. The highest BCUT2D eigenvalue weighted by Crippen LogP contribution is 2.28. The molecule has 2 N–H and O–H groups in total. The van der Waals surface area contributed by atoms with Gasteiger partial charge in [-0.2, -0.15) is 0 Å². The third kappa shape index (κ3) is 6.30. The molecule has 0 aliphatic heterocycles. The van der Waals surface area contributed by atoms with E-state index in [0.717, 1.165) is 25.7 Å². The minimum atomic E-state index is -0.182. The van der Waals surface area contributed by atoms with Crippen LogP contribution in [0.25, 0.3) is 0 Å². The second kappa shape index (κ2) is 8.79. The first-order valence-electron chi connectivity index (χ1n) is 5.61. The Hall–Kier alpha value is -0.320. The van der Waals surface area contributed by atoms with Crippen molar-refractivity contribution in [2.75, 3.05) is 20.3 Å². The Morgan fingerprint density at radius 1 is 1.25 bits per heavy atom. The van der Waals surface area contributed by atoms with E-state index in [9.17, 15) is 4.79 Å². The largest absolute Gasteiger partial charge is 0.382 e. The van der Waals surface area contributed by atoms with E-state index in [1.807, 2.05) is 0 Å². The van der Waals surface area contributed by atoms with Crippen LogP contribution in [0.15, 0.2) is 0 Å². The van der Waals surface area contributed by atoms with Crippen LogP contribution >= 0.6 is 12.4 Å². The molecule has 5 heteroatoms. The van der Waals surface area contributed by atoms with Crippen molar-refractivity contribution in [2.24, 2.45) is 11.7 Å².